The first-order chi connectivity index (χ1) is 20.0. The van der Waals surface area contributed by atoms with E-state index in [0.717, 1.165) is 38.8 Å². The molecular weight excluding hydrogens is 514 g/mol. The van der Waals surface area contributed by atoms with Gasteiger partial charge < -0.3 is 15.4 Å². The minimum Gasteiger partial charge on any atom is -0.467 e. The summed E-state index contributed by atoms with van der Waals surface area (Å²) in [7, 11) is 3.02. The van der Waals surface area contributed by atoms with Gasteiger partial charge in [0, 0.05) is 48.8 Å². The number of esters is 1. The van der Waals surface area contributed by atoms with Crippen LogP contribution in [0.2, 0.25) is 0 Å². The van der Waals surface area contributed by atoms with Crippen LogP contribution in [0.25, 0.3) is 10.8 Å². The maximum absolute atomic E-state index is 13.3. The van der Waals surface area contributed by atoms with Crippen molar-refractivity contribution < 1.29 is 14.3 Å². The number of carbonyl (C=O) groups is 2. The number of nitrogens with zero attached hydrogens (tertiary/aromatic N) is 3. The molecule has 5 rings (SSSR count). The molecule has 2 amide bonds. The Morgan fingerprint density at radius 1 is 0.878 bits per heavy atom. The summed E-state index contributed by atoms with van der Waals surface area (Å²) in [6.45, 7) is 0. The molecule has 2 aromatic heterocycles. The van der Waals surface area contributed by atoms with E-state index in [1.54, 1.807) is 25.6 Å². The number of nitrogens with one attached hydrogen (secondary N) is 2. The lowest BCUT2D eigenvalue weighted by atomic mass is 10.0. The highest BCUT2D eigenvalue weighted by Crippen LogP contribution is 2.25. The van der Waals surface area contributed by atoms with Gasteiger partial charge in [-0.1, -0.05) is 60.7 Å². The number of anilines is 3. The number of hydrogen-bond acceptors (Lipinski definition) is 6. The number of benzene rings is 3. The second kappa shape index (κ2) is 12.7. The van der Waals surface area contributed by atoms with Crippen LogP contribution in [0.15, 0.2) is 110 Å². The third-order valence-electron chi connectivity index (χ3n) is 6.90. The number of para-hydroxylation sites is 1. The van der Waals surface area contributed by atoms with E-state index in [2.05, 4.69) is 32.7 Å². The van der Waals surface area contributed by atoms with Gasteiger partial charge in [-0.25, -0.2) is 14.6 Å². The first-order valence-corrected chi connectivity index (χ1v) is 13.3. The number of methoxy groups -OCH3 is 1. The Morgan fingerprint density at radius 3 is 2.39 bits per heavy atom. The Kier molecular flexibility index (Phi) is 8.49. The molecule has 2 N–H and O–H groups in total. The molecule has 0 radical (unpaired) electrons. The fourth-order valence-electron chi connectivity index (χ4n) is 4.70. The molecule has 8 heteroatoms. The lowest BCUT2D eigenvalue weighted by Gasteiger charge is -2.24. The van der Waals surface area contributed by atoms with E-state index < -0.39 is 18.0 Å². The number of aromatic nitrogens is 2. The number of carbonyl (C=O) groups excluding carboxylic acids is 2. The number of pyridine rings is 2. The second-order valence-corrected chi connectivity index (χ2v) is 9.66. The monoisotopic (exact) mass is 545 g/mol. The van der Waals surface area contributed by atoms with Crippen molar-refractivity contribution in [1.29, 1.82) is 0 Å². The van der Waals surface area contributed by atoms with E-state index in [1.165, 1.54) is 12.0 Å². The van der Waals surface area contributed by atoms with Crippen LogP contribution in [-0.4, -0.2) is 42.2 Å². The number of rotatable bonds is 9. The zero-order valence-electron chi connectivity index (χ0n) is 23.0. The molecule has 206 valence electrons. The highest BCUT2D eigenvalue weighted by atomic mass is 16.5. The van der Waals surface area contributed by atoms with Gasteiger partial charge in [-0.3, -0.25) is 9.88 Å². The first kappa shape index (κ1) is 27.3. The van der Waals surface area contributed by atoms with Gasteiger partial charge in [-0.2, -0.15) is 0 Å². The zero-order chi connectivity index (χ0) is 28.6. The van der Waals surface area contributed by atoms with Crippen molar-refractivity contribution in [1.82, 2.24) is 15.3 Å². The molecule has 41 heavy (non-hydrogen) atoms. The lowest BCUT2D eigenvalue weighted by Crippen LogP contribution is -2.48. The molecule has 3 aromatic carbocycles. The molecular formula is C33H31N5O3. The Hall–Kier alpha value is -5.24. The standard InChI is InChI=1S/C33H31N5O3/c1-38(30-11-7-6-10-26(30)20-23-8-4-3-5-9-23)33(40)37-29(32(39)41-2)21-24-12-14-27(15-13-24)36-31-28-22-34-18-16-25(28)17-19-35-31/h3-19,22,29H,20-21H2,1-2H3,(H,35,36)(H,37,40)/t29-/m0/s1. The van der Waals surface area contributed by atoms with Gasteiger partial charge in [-0.15, -0.1) is 0 Å². The van der Waals surface area contributed by atoms with Crippen LogP contribution < -0.4 is 15.5 Å². The predicted octanol–water partition coefficient (Wildman–Crippen LogP) is 5.89. The molecule has 0 aliphatic heterocycles. The molecule has 0 bridgehead atoms. The molecule has 0 fully saturated rings. The van der Waals surface area contributed by atoms with Crippen molar-refractivity contribution in [3.63, 3.8) is 0 Å². The Balaban J connectivity index is 1.27. The smallest absolute Gasteiger partial charge is 0.328 e. The van der Waals surface area contributed by atoms with Gasteiger partial charge in [0.15, 0.2) is 0 Å². The van der Waals surface area contributed by atoms with Crippen LogP contribution in [0.3, 0.4) is 0 Å². The van der Waals surface area contributed by atoms with Gasteiger partial charge >= 0.3 is 12.0 Å². The summed E-state index contributed by atoms with van der Waals surface area (Å²) in [5.41, 5.74) is 4.62. The lowest BCUT2D eigenvalue weighted by molar-refractivity contribution is -0.142. The van der Waals surface area contributed by atoms with Gasteiger partial charge in [0.2, 0.25) is 0 Å². The summed E-state index contributed by atoms with van der Waals surface area (Å²) in [4.78, 5) is 36.2. The third kappa shape index (κ3) is 6.67. The van der Waals surface area contributed by atoms with Crippen molar-refractivity contribution in [2.24, 2.45) is 0 Å². The van der Waals surface area contributed by atoms with Gasteiger partial charge in [0.1, 0.15) is 11.9 Å². The zero-order valence-corrected chi connectivity index (χ0v) is 23.0. The van der Waals surface area contributed by atoms with E-state index >= 15 is 0 Å². The second-order valence-electron chi connectivity index (χ2n) is 9.66. The first-order valence-electron chi connectivity index (χ1n) is 13.3. The Labute approximate surface area is 239 Å². The van der Waals surface area contributed by atoms with Crippen LogP contribution in [-0.2, 0) is 22.4 Å². The molecule has 0 unspecified atom stereocenters. The highest BCUT2D eigenvalue weighted by molar-refractivity contribution is 5.95. The van der Waals surface area contributed by atoms with Crippen molar-refractivity contribution in [3.05, 3.63) is 126 Å². The summed E-state index contributed by atoms with van der Waals surface area (Å²) in [6, 6.07) is 28.1. The maximum atomic E-state index is 13.3. The van der Waals surface area contributed by atoms with Crippen LogP contribution in [0, 0.1) is 0 Å². The molecule has 0 saturated heterocycles. The molecule has 0 saturated carbocycles. The molecule has 0 aliphatic rings. The largest absolute Gasteiger partial charge is 0.467 e. The molecule has 0 aliphatic carbocycles. The molecule has 5 aromatic rings. The number of ether oxygens (including phenoxy) is 1. The van der Waals surface area contributed by atoms with Crippen molar-refractivity contribution in [2.75, 3.05) is 24.4 Å². The third-order valence-corrected chi connectivity index (χ3v) is 6.90. The summed E-state index contributed by atoms with van der Waals surface area (Å²) in [5, 5.41) is 8.15. The van der Waals surface area contributed by atoms with Gasteiger partial charge in [0.25, 0.3) is 0 Å². The molecule has 8 nitrogen and oxygen atoms in total. The van der Waals surface area contributed by atoms with Crippen LogP contribution in [0.5, 0.6) is 0 Å². The summed E-state index contributed by atoms with van der Waals surface area (Å²) >= 11 is 0. The number of urea groups is 1. The summed E-state index contributed by atoms with van der Waals surface area (Å²) < 4.78 is 5.02. The summed E-state index contributed by atoms with van der Waals surface area (Å²) in [5.74, 6) is 0.192. The molecule has 2 heterocycles. The molecule has 1 atom stereocenters. The van der Waals surface area contributed by atoms with Crippen molar-refractivity contribution >= 4 is 40.0 Å². The van der Waals surface area contributed by atoms with Crippen LogP contribution in [0.4, 0.5) is 22.0 Å². The number of fused-ring (bicyclic) bond motifs is 1. The highest BCUT2D eigenvalue weighted by Gasteiger charge is 2.25. The van der Waals surface area contributed by atoms with Crippen molar-refractivity contribution in [2.45, 2.75) is 18.9 Å². The van der Waals surface area contributed by atoms with E-state index in [-0.39, 0.29) is 6.42 Å². The number of hydrogen-bond donors (Lipinski definition) is 2. The van der Waals surface area contributed by atoms with E-state index in [9.17, 15) is 9.59 Å². The Bertz CT molecular complexity index is 1640. The van der Waals surface area contributed by atoms with Crippen LogP contribution in [0.1, 0.15) is 16.7 Å². The minimum absolute atomic E-state index is 0.272. The van der Waals surface area contributed by atoms with Gasteiger partial charge in [-0.05, 0) is 58.8 Å². The topological polar surface area (TPSA) is 96.5 Å². The van der Waals surface area contributed by atoms with Crippen LogP contribution >= 0.6 is 0 Å². The number of amides is 2. The van der Waals surface area contributed by atoms with Crippen molar-refractivity contribution in [3.8, 4) is 0 Å². The summed E-state index contributed by atoms with van der Waals surface area (Å²) in [6.07, 6.45) is 6.23. The fraction of sp³-hybridized carbons (Fsp3) is 0.152. The van der Waals surface area contributed by atoms with E-state index in [1.807, 2.05) is 78.9 Å². The van der Waals surface area contributed by atoms with E-state index in [0.29, 0.717) is 12.2 Å². The normalized spacial score (nSPS) is 11.5. The predicted molar refractivity (Wildman–Crippen MR) is 161 cm³/mol. The van der Waals surface area contributed by atoms with Gasteiger partial charge in [0.05, 0.1) is 7.11 Å². The average molecular weight is 546 g/mol. The Morgan fingerprint density at radius 2 is 1.61 bits per heavy atom. The fourth-order valence-corrected chi connectivity index (χ4v) is 4.70. The maximum Gasteiger partial charge on any atom is 0.328 e. The minimum atomic E-state index is -0.860. The average Bonchev–Trinajstić information content (AvgIpc) is 3.02. The quantitative estimate of drug-likeness (QED) is 0.224. The molecule has 0 spiro atoms. The van der Waals surface area contributed by atoms with E-state index in [4.69, 9.17) is 4.74 Å². The SMILES string of the molecule is COC(=O)[C@H](Cc1ccc(Nc2nccc3ccncc23)cc1)NC(=O)N(C)c1ccccc1Cc1ccccc1.